The minimum atomic E-state index is -0.826. The fraction of sp³-hybridized carbons (Fsp3) is 0.545. The van der Waals surface area contributed by atoms with Gasteiger partial charge in [-0.2, -0.15) is 0 Å². The first kappa shape index (κ1) is 22.1. The molecule has 2 unspecified atom stereocenters. The molecule has 0 aliphatic heterocycles. The lowest BCUT2D eigenvalue weighted by atomic mass is 10.2. The van der Waals surface area contributed by atoms with Crippen LogP contribution in [0.4, 0.5) is 8.78 Å². The second-order valence-electron chi connectivity index (χ2n) is 6.81. The molecule has 0 aliphatic rings. The van der Waals surface area contributed by atoms with Crippen LogP contribution >= 0.6 is 0 Å². The summed E-state index contributed by atoms with van der Waals surface area (Å²) < 4.78 is 38.0. The first-order chi connectivity index (χ1) is 13.6. The van der Waals surface area contributed by atoms with Crippen LogP contribution in [-0.2, 0) is 0 Å². The van der Waals surface area contributed by atoms with Gasteiger partial charge in [0.2, 0.25) is 0 Å². The van der Waals surface area contributed by atoms with E-state index in [1.165, 1.54) is 0 Å². The molecule has 0 bridgehead atoms. The highest BCUT2D eigenvalue weighted by Crippen LogP contribution is 2.21. The van der Waals surface area contributed by atoms with E-state index in [4.69, 9.17) is 9.47 Å². The quantitative estimate of drug-likeness (QED) is 0.422. The Balaban J connectivity index is 1.80. The van der Waals surface area contributed by atoms with Crippen LogP contribution in [0.2, 0.25) is 0 Å². The Morgan fingerprint density at radius 1 is 0.750 bits per heavy atom. The summed E-state index contributed by atoms with van der Waals surface area (Å²) in [7, 11) is 0. The molecule has 0 amide bonds. The molecule has 0 N–H and O–H groups in total. The minimum absolute atomic E-state index is 0.313. The maximum Gasteiger partial charge on any atom is 0.159 e. The summed E-state index contributed by atoms with van der Waals surface area (Å²) in [5.74, 6) is 1.79. The minimum Gasteiger partial charge on any atom is -0.493 e. The van der Waals surface area contributed by atoms with Gasteiger partial charge in [0.05, 0.1) is 25.6 Å². The van der Waals surface area contributed by atoms with Crippen molar-refractivity contribution in [2.45, 2.75) is 64.7 Å². The predicted molar refractivity (Wildman–Crippen MR) is 107 cm³/mol. The highest BCUT2D eigenvalue weighted by atomic mass is 19.1. The molecule has 0 saturated heterocycles. The summed E-state index contributed by atoms with van der Waals surface area (Å²) in [6.45, 7) is 4.61. The van der Waals surface area contributed by atoms with E-state index in [9.17, 15) is 8.78 Å². The van der Waals surface area contributed by atoms with E-state index in [0.29, 0.717) is 56.2 Å². The van der Waals surface area contributed by atoms with Crippen LogP contribution in [0.1, 0.15) is 52.4 Å². The van der Waals surface area contributed by atoms with Crippen LogP contribution in [-0.4, -0.2) is 35.5 Å². The number of rotatable bonds is 13. The Kier molecular flexibility index (Phi) is 9.66. The average molecular weight is 392 g/mol. The monoisotopic (exact) mass is 392 g/mol. The van der Waals surface area contributed by atoms with E-state index in [0.717, 1.165) is 18.4 Å². The Morgan fingerprint density at radius 2 is 1.25 bits per heavy atom. The molecule has 2 atom stereocenters. The second-order valence-corrected chi connectivity index (χ2v) is 6.81. The Labute approximate surface area is 166 Å². The first-order valence-electron chi connectivity index (χ1n) is 10.1. The van der Waals surface area contributed by atoms with Gasteiger partial charge in [-0.1, -0.05) is 26.7 Å². The van der Waals surface area contributed by atoms with E-state index in [-0.39, 0.29) is 0 Å². The molecular weight excluding hydrogens is 362 g/mol. The third-order valence-electron chi connectivity index (χ3n) is 4.34. The largest absolute Gasteiger partial charge is 0.493 e. The number of alkyl halides is 2. The summed E-state index contributed by atoms with van der Waals surface area (Å²) in [4.78, 5) is 8.60. The van der Waals surface area contributed by atoms with E-state index in [1.807, 2.05) is 38.1 Å². The fourth-order valence-electron chi connectivity index (χ4n) is 2.76. The molecule has 6 heteroatoms. The predicted octanol–water partition coefficient (Wildman–Crippen LogP) is 5.96. The zero-order valence-electron chi connectivity index (χ0n) is 16.7. The van der Waals surface area contributed by atoms with Crippen LogP contribution < -0.4 is 9.47 Å². The molecule has 0 spiro atoms. The molecule has 28 heavy (non-hydrogen) atoms. The molecule has 1 aromatic heterocycles. The molecule has 4 nitrogen and oxygen atoms in total. The molecule has 154 valence electrons. The van der Waals surface area contributed by atoms with Crippen LogP contribution in [0.3, 0.4) is 0 Å². The smallest absolute Gasteiger partial charge is 0.159 e. The van der Waals surface area contributed by atoms with Crippen LogP contribution in [0, 0.1) is 0 Å². The van der Waals surface area contributed by atoms with Crippen molar-refractivity contribution in [3.8, 4) is 22.9 Å². The van der Waals surface area contributed by atoms with E-state index >= 15 is 0 Å². The molecule has 2 aromatic rings. The molecule has 0 fully saturated rings. The van der Waals surface area contributed by atoms with Crippen molar-refractivity contribution in [1.29, 1.82) is 0 Å². The number of ether oxygens (including phenoxy) is 2. The van der Waals surface area contributed by atoms with Gasteiger partial charge in [-0.05, 0) is 37.1 Å². The summed E-state index contributed by atoms with van der Waals surface area (Å²) >= 11 is 0. The molecule has 2 rings (SSSR count). The summed E-state index contributed by atoms with van der Waals surface area (Å²) in [6, 6.07) is 7.38. The normalized spacial score (nSPS) is 13.1. The van der Waals surface area contributed by atoms with Crippen LogP contribution in [0.5, 0.6) is 11.5 Å². The van der Waals surface area contributed by atoms with Crippen molar-refractivity contribution in [3.05, 3.63) is 36.7 Å². The SMILES string of the molecule is CCCC(F)CCOc1ccc(-c2ncc(OCCC(F)CCC)cn2)cc1. The Hall–Kier alpha value is -2.24. The highest BCUT2D eigenvalue weighted by Gasteiger charge is 2.08. The lowest BCUT2D eigenvalue weighted by Gasteiger charge is -2.10. The van der Waals surface area contributed by atoms with E-state index in [2.05, 4.69) is 9.97 Å². The average Bonchev–Trinajstić information content (AvgIpc) is 2.70. The lowest BCUT2D eigenvalue weighted by Crippen LogP contribution is -2.07. The zero-order chi connectivity index (χ0) is 20.2. The standard InChI is InChI=1S/C22H30F2N2O2/c1-3-5-18(23)11-13-27-20-9-7-17(8-10-20)22-25-15-21(16-26-22)28-14-12-19(24)6-4-2/h7-10,15-16,18-19H,3-6,11-14H2,1-2H3. The molecule has 1 aromatic carbocycles. The number of nitrogens with zero attached hydrogens (tertiary/aromatic N) is 2. The van der Waals surface area contributed by atoms with Gasteiger partial charge in [0.15, 0.2) is 11.6 Å². The highest BCUT2D eigenvalue weighted by molar-refractivity contribution is 5.56. The second kappa shape index (κ2) is 12.3. The summed E-state index contributed by atoms with van der Waals surface area (Å²) in [6.07, 6.45) is 5.14. The van der Waals surface area contributed by atoms with Crippen molar-refractivity contribution in [2.24, 2.45) is 0 Å². The number of hydrogen-bond donors (Lipinski definition) is 0. The lowest BCUT2D eigenvalue weighted by molar-refractivity contribution is 0.224. The molecule has 0 aliphatic carbocycles. The fourth-order valence-corrected chi connectivity index (χ4v) is 2.76. The number of aromatic nitrogens is 2. The van der Waals surface area contributed by atoms with Gasteiger partial charge in [0.25, 0.3) is 0 Å². The third kappa shape index (κ3) is 7.79. The first-order valence-corrected chi connectivity index (χ1v) is 10.1. The number of benzene rings is 1. The van der Waals surface area contributed by atoms with Gasteiger partial charge in [0.1, 0.15) is 18.1 Å². The van der Waals surface area contributed by atoms with Crippen molar-refractivity contribution < 1.29 is 18.3 Å². The topological polar surface area (TPSA) is 44.2 Å². The number of hydrogen-bond acceptors (Lipinski definition) is 4. The third-order valence-corrected chi connectivity index (χ3v) is 4.34. The zero-order valence-corrected chi connectivity index (χ0v) is 16.7. The van der Waals surface area contributed by atoms with E-state index < -0.39 is 12.3 Å². The van der Waals surface area contributed by atoms with Gasteiger partial charge >= 0.3 is 0 Å². The van der Waals surface area contributed by atoms with Crippen LogP contribution in [0.15, 0.2) is 36.7 Å². The van der Waals surface area contributed by atoms with Crippen molar-refractivity contribution in [1.82, 2.24) is 9.97 Å². The Bertz CT molecular complexity index is 606. The van der Waals surface area contributed by atoms with Crippen molar-refractivity contribution in [3.63, 3.8) is 0 Å². The van der Waals surface area contributed by atoms with Crippen LogP contribution in [0.25, 0.3) is 11.4 Å². The van der Waals surface area contributed by atoms with Crippen molar-refractivity contribution in [2.75, 3.05) is 13.2 Å². The van der Waals surface area contributed by atoms with Gasteiger partial charge < -0.3 is 9.47 Å². The van der Waals surface area contributed by atoms with Gasteiger partial charge in [-0.15, -0.1) is 0 Å². The summed E-state index contributed by atoms with van der Waals surface area (Å²) in [5, 5.41) is 0. The molecule has 0 saturated carbocycles. The Morgan fingerprint density at radius 3 is 1.75 bits per heavy atom. The molecule has 1 heterocycles. The van der Waals surface area contributed by atoms with Gasteiger partial charge in [-0.3, -0.25) is 0 Å². The maximum absolute atomic E-state index is 13.5. The number of halogens is 2. The summed E-state index contributed by atoms with van der Waals surface area (Å²) in [5.41, 5.74) is 0.847. The van der Waals surface area contributed by atoms with Gasteiger partial charge in [-0.25, -0.2) is 18.7 Å². The van der Waals surface area contributed by atoms with Gasteiger partial charge in [0, 0.05) is 18.4 Å². The van der Waals surface area contributed by atoms with Crippen molar-refractivity contribution >= 4 is 0 Å². The molecule has 0 radical (unpaired) electrons. The van der Waals surface area contributed by atoms with E-state index in [1.54, 1.807) is 12.4 Å². The molecular formula is C22H30F2N2O2. The maximum atomic E-state index is 13.5.